The molecular weight excluding hydrogens is 276 g/mol. The van der Waals surface area contributed by atoms with E-state index in [0.717, 1.165) is 4.90 Å². The second-order valence-corrected chi connectivity index (χ2v) is 4.41. The van der Waals surface area contributed by atoms with Gasteiger partial charge >= 0.3 is 18.2 Å². The molecule has 1 fully saturated rings. The number of amides is 5. The number of alkyl carbamates (subject to hydrolysis) is 1. The second kappa shape index (κ2) is 6.12. The predicted octanol–water partition coefficient (Wildman–Crippen LogP) is 1.27. The van der Waals surface area contributed by atoms with Crippen LogP contribution in [-0.4, -0.2) is 54.8 Å². The third-order valence-corrected chi connectivity index (χ3v) is 3.02. The van der Waals surface area contributed by atoms with E-state index in [2.05, 4.69) is 10.6 Å². The summed E-state index contributed by atoms with van der Waals surface area (Å²) < 4.78 is 5.01. The first-order valence-electron chi connectivity index (χ1n) is 6.31. The first-order valence-corrected chi connectivity index (χ1v) is 6.31. The van der Waals surface area contributed by atoms with Crippen LogP contribution >= 0.6 is 0 Å². The molecule has 2 rings (SSSR count). The number of carbonyl (C=O) groups excluding carboxylic acids is 3. The number of anilines is 1. The van der Waals surface area contributed by atoms with Gasteiger partial charge in [0.15, 0.2) is 6.23 Å². The van der Waals surface area contributed by atoms with Gasteiger partial charge in [0.25, 0.3) is 0 Å². The van der Waals surface area contributed by atoms with E-state index in [1.807, 2.05) is 6.07 Å². The highest BCUT2D eigenvalue weighted by molar-refractivity contribution is 6.01. The van der Waals surface area contributed by atoms with Gasteiger partial charge in [-0.15, -0.1) is 0 Å². The van der Waals surface area contributed by atoms with Gasteiger partial charge in [-0.1, -0.05) is 18.2 Å². The van der Waals surface area contributed by atoms with Crippen molar-refractivity contribution < 1.29 is 19.1 Å². The van der Waals surface area contributed by atoms with Crippen molar-refractivity contribution in [2.45, 2.75) is 6.23 Å². The molecule has 0 bridgehead atoms. The van der Waals surface area contributed by atoms with Gasteiger partial charge in [0.1, 0.15) is 0 Å². The van der Waals surface area contributed by atoms with Crippen LogP contribution in [0.4, 0.5) is 20.1 Å². The number of carbonyl (C=O) groups is 3. The number of imide groups is 1. The lowest BCUT2D eigenvalue weighted by Gasteiger charge is -2.17. The first-order chi connectivity index (χ1) is 10.0. The fourth-order valence-electron chi connectivity index (χ4n) is 1.85. The molecule has 21 heavy (non-hydrogen) atoms. The van der Waals surface area contributed by atoms with Crippen molar-refractivity contribution >= 4 is 23.8 Å². The average Bonchev–Trinajstić information content (AvgIpc) is 2.76. The van der Waals surface area contributed by atoms with E-state index in [1.54, 1.807) is 24.3 Å². The normalized spacial score (nSPS) is 17.6. The number of benzene rings is 1. The van der Waals surface area contributed by atoms with Gasteiger partial charge in [0.05, 0.1) is 6.54 Å². The monoisotopic (exact) mass is 292 g/mol. The molecular formula is C13H16N4O4. The topological polar surface area (TPSA) is 91.0 Å². The van der Waals surface area contributed by atoms with Gasteiger partial charge in [0.2, 0.25) is 0 Å². The van der Waals surface area contributed by atoms with Crippen LogP contribution in [0.25, 0.3) is 0 Å². The van der Waals surface area contributed by atoms with E-state index in [1.165, 1.54) is 19.0 Å². The lowest BCUT2D eigenvalue weighted by atomic mass is 10.3. The molecule has 2 N–H and O–H groups in total. The van der Waals surface area contributed by atoms with E-state index >= 15 is 0 Å². The Balaban J connectivity index is 2.02. The summed E-state index contributed by atoms with van der Waals surface area (Å²) in [4.78, 5) is 37.5. The van der Waals surface area contributed by atoms with Crippen LogP contribution in [0.3, 0.4) is 0 Å². The standard InChI is InChI=1S/C13H16N4O4/c1-14-12(19)21-10-8-17(13(20)16(10)2)11(18)15-9-6-4-3-5-7-9/h3-7,10H,8H2,1-2H3,(H,14,19)(H,15,18). The minimum atomic E-state index is -0.807. The van der Waals surface area contributed by atoms with E-state index in [4.69, 9.17) is 4.74 Å². The van der Waals surface area contributed by atoms with Crippen molar-refractivity contribution in [3.05, 3.63) is 30.3 Å². The number of likely N-dealkylation sites (N-methyl/N-ethyl adjacent to an activating group) is 1. The van der Waals surface area contributed by atoms with Crippen LogP contribution in [0.15, 0.2) is 30.3 Å². The summed E-state index contributed by atoms with van der Waals surface area (Å²) in [7, 11) is 2.88. The van der Waals surface area contributed by atoms with Crippen LogP contribution in [-0.2, 0) is 4.74 Å². The van der Waals surface area contributed by atoms with Crippen LogP contribution in [0.5, 0.6) is 0 Å². The highest BCUT2D eigenvalue weighted by Gasteiger charge is 2.40. The molecule has 1 unspecified atom stereocenters. The average molecular weight is 292 g/mol. The quantitative estimate of drug-likeness (QED) is 0.858. The zero-order valence-electron chi connectivity index (χ0n) is 11.7. The Hall–Kier alpha value is -2.77. The number of para-hydroxylation sites is 1. The Morgan fingerprint density at radius 1 is 1.29 bits per heavy atom. The fraction of sp³-hybridized carbons (Fsp3) is 0.308. The molecule has 8 nitrogen and oxygen atoms in total. The van der Waals surface area contributed by atoms with E-state index < -0.39 is 24.4 Å². The number of hydrogen-bond acceptors (Lipinski definition) is 4. The van der Waals surface area contributed by atoms with E-state index in [-0.39, 0.29) is 6.54 Å². The van der Waals surface area contributed by atoms with Crippen LogP contribution in [0.2, 0.25) is 0 Å². The first kappa shape index (κ1) is 14.6. The Kier molecular flexibility index (Phi) is 4.27. The van der Waals surface area contributed by atoms with Crippen molar-refractivity contribution in [3.8, 4) is 0 Å². The molecule has 1 aliphatic rings. The minimum absolute atomic E-state index is 0.0264. The Morgan fingerprint density at radius 2 is 1.95 bits per heavy atom. The summed E-state index contributed by atoms with van der Waals surface area (Å²) in [6, 6.07) is 7.67. The number of ether oxygens (including phenoxy) is 1. The van der Waals surface area contributed by atoms with Crippen LogP contribution < -0.4 is 10.6 Å². The maximum Gasteiger partial charge on any atom is 0.408 e. The zero-order valence-corrected chi connectivity index (χ0v) is 11.7. The molecule has 1 aromatic carbocycles. The van der Waals surface area contributed by atoms with Crippen molar-refractivity contribution in [1.82, 2.24) is 15.1 Å². The third-order valence-electron chi connectivity index (χ3n) is 3.02. The van der Waals surface area contributed by atoms with Crippen molar-refractivity contribution in [2.75, 3.05) is 26.0 Å². The van der Waals surface area contributed by atoms with Gasteiger partial charge in [-0.2, -0.15) is 0 Å². The molecule has 1 aromatic rings. The number of rotatable bonds is 2. The summed E-state index contributed by atoms with van der Waals surface area (Å²) in [6.45, 7) is -0.0264. The van der Waals surface area contributed by atoms with Crippen molar-refractivity contribution in [2.24, 2.45) is 0 Å². The molecule has 0 saturated carbocycles. The molecule has 1 saturated heterocycles. The molecule has 1 atom stereocenters. The maximum atomic E-state index is 12.1. The van der Waals surface area contributed by atoms with Gasteiger partial charge < -0.3 is 15.4 Å². The Labute approximate surface area is 121 Å². The van der Waals surface area contributed by atoms with E-state index in [9.17, 15) is 14.4 Å². The molecule has 0 radical (unpaired) electrons. The lowest BCUT2D eigenvalue weighted by molar-refractivity contribution is 0.0449. The summed E-state index contributed by atoms with van der Waals surface area (Å²) in [5, 5.41) is 4.90. The molecule has 8 heteroatoms. The van der Waals surface area contributed by atoms with Gasteiger partial charge in [-0.05, 0) is 12.1 Å². The highest BCUT2D eigenvalue weighted by Crippen LogP contribution is 2.17. The Morgan fingerprint density at radius 3 is 2.57 bits per heavy atom. The summed E-state index contributed by atoms with van der Waals surface area (Å²) in [5.74, 6) is 0. The van der Waals surface area contributed by atoms with Gasteiger partial charge in [0, 0.05) is 19.8 Å². The lowest BCUT2D eigenvalue weighted by Crippen LogP contribution is -2.38. The Bertz CT molecular complexity index is 548. The third kappa shape index (κ3) is 3.22. The molecule has 0 aliphatic carbocycles. The fourth-order valence-corrected chi connectivity index (χ4v) is 1.85. The zero-order chi connectivity index (χ0) is 15.4. The number of nitrogens with zero attached hydrogens (tertiary/aromatic N) is 2. The predicted molar refractivity (Wildman–Crippen MR) is 74.7 cm³/mol. The molecule has 1 heterocycles. The molecule has 1 aliphatic heterocycles. The summed E-state index contributed by atoms with van der Waals surface area (Å²) in [6.07, 6.45) is -1.47. The largest absolute Gasteiger partial charge is 0.423 e. The van der Waals surface area contributed by atoms with Crippen LogP contribution in [0.1, 0.15) is 0 Å². The molecule has 5 amide bonds. The number of nitrogens with one attached hydrogen (secondary N) is 2. The number of urea groups is 2. The summed E-state index contributed by atoms with van der Waals surface area (Å²) >= 11 is 0. The highest BCUT2D eigenvalue weighted by atomic mass is 16.6. The molecule has 0 spiro atoms. The molecule has 112 valence electrons. The van der Waals surface area contributed by atoms with Crippen molar-refractivity contribution in [3.63, 3.8) is 0 Å². The van der Waals surface area contributed by atoms with Gasteiger partial charge in [-0.25, -0.2) is 19.3 Å². The summed E-state index contributed by atoms with van der Waals surface area (Å²) in [5.41, 5.74) is 0.577. The maximum absolute atomic E-state index is 12.1. The van der Waals surface area contributed by atoms with E-state index in [0.29, 0.717) is 5.69 Å². The SMILES string of the molecule is CNC(=O)OC1CN(C(=O)Nc2ccccc2)C(=O)N1C. The second-order valence-electron chi connectivity index (χ2n) is 4.41. The minimum Gasteiger partial charge on any atom is -0.423 e. The molecule has 0 aromatic heterocycles. The van der Waals surface area contributed by atoms with Crippen LogP contribution in [0, 0.1) is 0 Å². The van der Waals surface area contributed by atoms with Crippen molar-refractivity contribution in [1.29, 1.82) is 0 Å². The number of hydrogen-bond donors (Lipinski definition) is 2. The van der Waals surface area contributed by atoms with Gasteiger partial charge in [-0.3, -0.25) is 4.90 Å². The smallest absolute Gasteiger partial charge is 0.408 e.